The van der Waals surface area contributed by atoms with Gasteiger partial charge in [0.15, 0.2) is 5.82 Å². The van der Waals surface area contributed by atoms with Crippen molar-refractivity contribution in [2.75, 3.05) is 6.61 Å². The Morgan fingerprint density at radius 2 is 2.10 bits per heavy atom. The van der Waals surface area contributed by atoms with E-state index in [-0.39, 0.29) is 18.6 Å². The number of hydrogen-bond donors (Lipinski definition) is 3. The number of hydrogen-bond acceptors (Lipinski definition) is 4. The van der Waals surface area contributed by atoms with Gasteiger partial charge in [0.1, 0.15) is 5.82 Å². The van der Waals surface area contributed by atoms with E-state index in [4.69, 9.17) is 5.11 Å². The second-order valence-electron chi connectivity index (χ2n) is 4.71. The lowest BCUT2D eigenvalue weighted by atomic mass is 10.1. The molecule has 0 bridgehead atoms. The van der Waals surface area contributed by atoms with Crippen molar-refractivity contribution in [2.24, 2.45) is 0 Å². The van der Waals surface area contributed by atoms with E-state index in [1.165, 1.54) is 0 Å². The molecule has 6 heteroatoms. The zero-order chi connectivity index (χ0) is 14.5. The summed E-state index contributed by atoms with van der Waals surface area (Å²) in [5, 5.41) is 18.5. The summed E-state index contributed by atoms with van der Waals surface area (Å²) in [6.07, 6.45) is 0.542. The van der Waals surface area contributed by atoms with Gasteiger partial charge in [-0.15, -0.1) is 0 Å². The molecule has 0 saturated heterocycles. The van der Waals surface area contributed by atoms with Crippen LogP contribution in [-0.2, 0) is 0 Å². The number of aromatic amines is 1. The van der Waals surface area contributed by atoms with E-state index in [1.54, 1.807) is 12.1 Å². The lowest BCUT2D eigenvalue weighted by Crippen LogP contribution is -2.33. The minimum atomic E-state index is -0.149. The highest BCUT2D eigenvalue weighted by molar-refractivity contribution is 5.94. The maximum Gasteiger partial charge on any atom is 0.251 e. The van der Waals surface area contributed by atoms with Gasteiger partial charge in [-0.3, -0.25) is 9.89 Å². The summed E-state index contributed by atoms with van der Waals surface area (Å²) in [5.74, 6) is 1.21. The van der Waals surface area contributed by atoms with E-state index in [2.05, 4.69) is 20.5 Å². The first-order chi connectivity index (χ1) is 9.60. The van der Waals surface area contributed by atoms with Crippen molar-refractivity contribution in [1.82, 2.24) is 20.5 Å². The normalized spacial score (nSPS) is 12.2. The number of amides is 1. The van der Waals surface area contributed by atoms with Crippen LogP contribution in [-0.4, -0.2) is 38.8 Å². The van der Waals surface area contributed by atoms with Crippen LogP contribution in [0.1, 0.15) is 29.5 Å². The molecule has 20 heavy (non-hydrogen) atoms. The van der Waals surface area contributed by atoms with Gasteiger partial charge in [-0.1, -0.05) is 12.1 Å². The molecule has 1 aromatic carbocycles. The first-order valence-corrected chi connectivity index (χ1v) is 6.51. The number of aromatic nitrogens is 3. The van der Waals surface area contributed by atoms with E-state index < -0.39 is 0 Å². The average Bonchev–Trinajstić information content (AvgIpc) is 2.86. The molecule has 1 unspecified atom stereocenters. The number of benzene rings is 1. The van der Waals surface area contributed by atoms with Crippen molar-refractivity contribution >= 4 is 5.91 Å². The summed E-state index contributed by atoms with van der Waals surface area (Å²) in [4.78, 5) is 16.2. The zero-order valence-corrected chi connectivity index (χ0v) is 11.6. The fraction of sp³-hybridized carbons (Fsp3) is 0.357. The quantitative estimate of drug-likeness (QED) is 0.766. The van der Waals surface area contributed by atoms with Crippen LogP contribution in [0.5, 0.6) is 0 Å². The van der Waals surface area contributed by atoms with Gasteiger partial charge in [0.25, 0.3) is 5.91 Å². The molecule has 2 aromatic rings. The Balaban J connectivity index is 2.06. The first-order valence-electron chi connectivity index (χ1n) is 6.51. The SMILES string of the molecule is Cc1nc(-c2ccc(C(=O)NC(C)CCO)cc2)n[nH]1. The van der Waals surface area contributed by atoms with Crippen LogP contribution >= 0.6 is 0 Å². The Kier molecular flexibility index (Phi) is 4.47. The largest absolute Gasteiger partial charge is 0.396 e. The molecule has 0 spiro atoms. The highest BCUT2D eigenvalue weighted by Crippen LogP contribution is 2.15. The number of rotatable bonds is 5. The van der Waals surface area contributed by atoms with Crippen LogP contribution in [0.25, 0.3) is 11.4 Å². The van der Waals surface area contributed by atoms with Gasteiger partial charge >= 0.3 is 0 Å². The Morgan fingerprint density at radius 3 is 2.65 bits per heavy atom. The molecule has 3 N–H and O–H groups in total. The van der Waals surface area contributed by atoms with Crippen molar-refractivity contribution in [1.29, 1.82) is 0 Å². The molecule has 0 aliphatic carbocycles. The number of aliphatic hydroxyl groups is 1. The van der Waals surface area contributed by atoms with Crippen molar-refractivity contribution in [2.45, 2.75) is 26.3 Å². The fourth-order valence-electron chi connectivity index (χ4n) is 1.82. The third-order valence-electron chi connectivity index (χ3n) is 2.94. The average molecular weight is 274 g/mol. The topological polar surface area (TPSA) is 90.9 Å². The molecule has 1 aromatic heterocycles. The van der Waals surface area contributed by atoms with Crippen molar-refractivity contribution in [3.63, 3.8) is 0 Å². The monoisotopic (exact) mass is 274 g/mol. The number of aliphatic hydroxyl groups excluding tert-OH is 1. The highest BCUT2D eigenvalue weighted by Gasteiger charge is 2.10. The van der Waals surface area contributed by atoms with Gasteiger partial charge in [0.2, 0.25) is 0 Å². The van der Waals surface area contributed by atoms with Gasteiger partial charge in [-0.2, -0.15) is 5.10 Å². The predicted octanol–water partition coefficient (Wildman–Crippen LogP) is 1.28. The number of aryl methyl sites for hydroxylation is 1. The van der Waals surface area contributed by atoms with Crippen LogP contribution in [0, 0.1) is 6.92 Å². The minimum Gasteiger partial charge on any atom is -0.396 e. The minimum absolute atomic E-state index is 0.0529. The van der Waals surface area contributed by atoms with E-state index in [0.717, 1.165) is 11.4 Å². The Bertz CT molecular complexity index is 577. The molecule has 0 aliphatic rings. The standard InChI is InChI=1S/C14H18N4O2/c1-9(7-8-19)15-14(20)12-5-3-11(4-6-12)13-16-10(2)17-18-13/h3-6,9,19H,7-8H2,1-2H3,(H,15,20)(H,16,17,18). The molecular formula is C14H18N4O2. The highest BCUT2D eigenvalue weighted by atomic mass is 16.3. The van der Waals surface area contributed by atoms with Gasteiger partial charge in [-0.25, -0.2) is 4.98 Å². The Morgan fingerprint density at radius 1 is 1.40 bits per heavy atom. The lowest BCUT2D eigenvalue weighted by Gasteiger charge is -2.12. The zero-order valence-electron chi connectivity index (χ0n) is 11.6. The molecule has 0 aliphatic heterocycles. The maximum absolute atomic E-state index is 12.0. The number of carbonyl (C=O) groups is 1. The second-order valence-corrected chi connectivity index (χ2v) is 4.71. The van der Waals surface area contributed by atoms with Crippen LogP contribution in [0.4, 0.5) is 0 Å². The number of carbonyl (C=O) groups excluding carboxylic acids is 1. The van der Waals surface area contributed by atoms with E-state index >= 15 is 0 Å². The van der Waals surface area contributed by atoms with Crippen LogP contribution in [0.3, 0.4) is 0 Å². The number of nitrogens with one attached hydrogen (secondary N) is 2. The van der Waals surface area contributed by atoms with Gasteiger partial charge in [0.05, 0.1) is 0 Å². The molecule has 106 valence electrons. The summed E-state index contributed by atoms with van der Waals surface area (Å²) < 4.78 is 0. The lowest BCUT2D eigenvalue weighted by molar-refractivity contribution is 0.0934. The molecule has 0 fully saturated rings. The van der Waals surface area contributed by atoms with E-state index in [1.807, 2.05) is 26.0 Å². The number of nitrogens with zero attached hydrogens (tertiary/aromatic N) is 2. The van der Waals surface area contributed by atoms with Crippen molar-refractivity contribution in [3.8, 4) is 11.4 Å². The predicted molar refractivity (Wildman–Crippen MR) is 75.2 cm³/mol. The molecule has 0 saturated carbocycles. The molecule has 1 atom stereocenters. The summed E-state index contributed by atoms with van der Waals surface area (Å²) in [7, 11) is 0. The third kappa shape index (κ3) is 3.42. The van der Waals surface area contributed by atoms with Crippen LogP contribution in [0.15, 0.2) is 24.3 Å². The van der Waals surface area contributed by atoms with E-state index in [9.17, 15) is 4.79 Å². The summed E-state index contributed by atoms with van der Waals surface area (Å²) in [6.45, 7) is 3.75. The summed E-state index contributed by atoms with van der Waals surface area (Å²) in [5.41, 5.74) is 1.43. The molecule has 6 nitrogen and oxygen atoms in total. The maximum atomic E-state index is 12.0. The van der Waals surface area contributed by atoms with Gasteiger partial charge < -0.3 is 10.4 Å². The third-order valence-corrected chi connectivity index (χ3v) is 2.94. The molecule has 0 radical (unpaired) electrons. The Hall–Kier alpha value is -2.21. The summed E-state index contributed by atoms with van der Waals surface area (Å²) >= 11 is 0. The van der Waals surface area contributed by atoms with Gasteiger partial charge in [0, 0.05) is 23.8 Å². The van der Waals surface area contributed by atoms with Crippen molar-refractivity contribution < 1.29 is 9.90 Å². The van der Waals surface area contributed by atoms with E-state index in [0.29, 0.717) is 17.8 Å². The molecule has 1 amide bonds. The molecule has 2 rings (SSSR count). The molecular weight excluding hydrogens is 256 g/mol. The summed E-state index contributed by atoms with van der Waals surface area (Å²) in [6, 6.07) is 7.05. The Labute approximate surface area is 117 Å². The van der Waals surface area contributed by atoms with Gasteiger partial charge in [-0.05, 0) is 32.4 Å². The number of H-pyrrole nitrogens is 1. The van der Waals surface area contributed by atoms with Crippen molar-refractivity contribution in [3.05, 3.63) is 35.7 Å². The molecule has 1 heterocycles. The smallest absolute Gasteiger partial charge is 0.251 e. The second kappa shape index (κ2) is 6.29. The van der Waals surface area contributed by atoms with Crippen LogP contribution in [0.2, 0.25) is 0 Å². The first kappa shape index (κ1) is 14.2. The fourth-order valence-corrected chi connectivity index (χ4v) is 1.82. The van der Waals surface area contributed by atoms with Crippen LogP contribution < -0.4 is 5.32 Å².